The molecule has 2 aromatic rings. The summed E-state index contributed by atoms with van der Waals surface area (Å²) in [5.74, 6) is 1.57. The van der Waals surface area contributed by atoms with Crippen LogP contribution in [-0.4, -0.2) is 35.1 Å². The highest BCUT2D eigenvalue weighted by Gasteiger charge is 2.44. The van der Waals surface area contributed by atoms with E-state index in [9.17, 15) is 8.42 Å². The van der Waals surface area contributed by atoms with Gasteiger partial charge in [0, 0.05) is 25.0 Å². The Labute approximate surface area is 142 Å². The zero-order chi connectivity index (χ0) is 16.7. The molecule has 0 radical (unpaired) electrons. The molecule has 0 aromatic carbocycles. The summed E-state index contributed by atoms with van der Waals surface area (Å²) in [4.78, 5) is 3.17. The first kappa shape index (κ1) is 15.9. The minimum Gasteiger partial charge on any atom is -0.465 e. The maximum absolute atomic E-state index is 13.3. The normalized spacial score (nSPS) is 26.4. The van der Waals surface area contributed by atoms with E-state index in [-0.39, 0.29) is 12.1 Å². The first-order chi connectivity index (χ1) is 11.6. The van der Waals surface area contributed by atoms with Gasteiger partial charge >= 0.3 is 0 Å². The largest absolute Gasteiger partial charge is 0.465 e. The zero-order valence-electron chi connectivity index (χ0n) is 13.8. The second-order valence-electron chi connectivity index (χ2n) is 6.62. The lowest BCUT2D eigenvalue weighted by Crippen LogP contribution is -2.43. The second kappa shape index (κ2) is 6.06. The smallest absolute Gasteiger partial charge is 0.283 e. The van der Waals surface area contributed by atoms with Crippen LogP contribution < -0.4 is 0 Å². The average molecular weight is 349 g/mol. The van der Waals surface area contributed by atoms with Crippen molar-refractivity contribution < 1.29 is 12.8 Å². The van der Waals surface area contributed by atoms with Crippen molar-refractivity contribution in [2.24, 2.45) is 0 Å². The zero-order valence-corrected chi connectivity index (χ0v) is 14.6. The number of nitrogens with one attached hydrogen (secondary N) is 1. The summed E-state index contributed by atoms with van der Waals surface area (Å²) >= 11 is 0. The molecule has 0 bridgehead atoms. The maximum atomic E-state index is 13.3. The molecule has 24 heavy (non-hydrogen) atoms. The van der Waals surface area contributed by atoms with Crippen molar-refractivity contribution in [3.63, 3.8) is 0 Å². The summed E-state index contributed by atoms with van der Waals surface area (Å²) in [6, 6.07) is 7.41. The molecule has 2 aliphatic rings. The Morgan fingerprint density at radius 3 is 2.42 bits per heavy atom. The van der Waals surface area contributed by atoms with Crippen LogP contribution in [0.3, 0.4) is 0 Å². The number of aromatic amines is 1. The van der Waals surface area contributed by atoms with Gasteiger partial charge in [-0.2, -0.15) is 17.0 Å². The highest BCUT2D eigenvalue weighted by molar-refractivity contribution is 7.86. The van der Waals surface area contributed by atoms with Crippen molar-refractivity contribution in [1.82, 2.24) is 13.6 Å². The van der Waals surface area contributed by atoms with Gasteiger partial charge in [0.25, 0.3) is 10.2 Å². The fraction of sp³-hybridized carbons (Fsp3) is 0.529. The average Bonchev–Trinajstić information content (AvgIpc) is 3.32. The molecule has 2 fully saturated rings. The van der Waals surface area contributed by atoms with Crippen LogP contribution in [0.4, 0.5) is 0 Å². The minimum atomic E-state index is -3.52. The van der Waals surface area contributed by atoms with E-state index >= 15 is 0 Å². The molecule has 0 aliphatic carbocycles. The first-order valence-corrected chi connectivity index (χ1v) is 9.95. The molecule has 2 atom stereocenters. The molecule has 2 aliphatic heterocycles. The van der Waals surface area contributed by atoms with Crippen LogP contribution in [0.5, 0.6) is 0 Å². The van der Waals surface area contributed by atoms with Gasteiger partial charge in [-0.25, -0.2) is 0 Å². The van der Waals surface area contributed by atoms with Gasteiger partial charge < -0.3 is 9.40 Å². The fourth-order valence-corrected chi connectivity index (χ4v) is 6.01. The van der Waals surface area contributed by atoms with E-state index in [0.29, 0.717) is 13.1 Å². The maximum Gasteiger partial charge on any atom is 0.283 e. The van der Waals surface area contributed by atoms with E-state index in [1.165, 1.54) is 0 Å². The standard InChI is InChI=1S/C17H23N3O3S/c1-13-8-9-17(23-13)16-7-4-12-20(16)24(21,22)19-11-3-6-15(19)14-5-2-10-18-14/h2,5,8-10,15-16,18H,3-4,6-7,11-12H2,1H3/t15-,16-/m0/s1. The quantitative estimate of drug-likeness (QED) is 0.922. The number of nitrogens with zero attached hydrogens (tertiary/aromatic N) is 2. The number of hydrogen-bond donors (Lipinski definition) is 1. The lowest BCUT2D eigenvalue weighted by Gasteiger charge is -2.31. The monoisotopic (exact) mass is 349 g/mol. The topological polar surface area (TPSA) is 69.6 Å². The van der Waals surface area contributed by atoms with Crippen molar-refractivity contribution in [1.29, 1.82) is 0 Å². The number of rotatable bonds is 4. The van der Waals surface area contributed by atoms with Crippen molar-refractivity contribution >= 4 is 10.2 Å². The number of hydrogen-bond acceptors (Lipinski definition) is 3. The summed E-state index contributed by atoms with van der Waals surface area (Å²) in [7, 11) is -3.52. The van der Waals surface area contributed by atoms with E-state index in [0.717, 1.165) is 42.9 Å². The molecule has 1 N–H and O–H groups in total. The Balaban J connectivity index is 1.64. The summed E-state index contributed by atoms with van der Waals surface area (Å²) < 4.78 is 35.7. The highest BCUT2D eigenvalue weighted by Crippen LogP contribution is 2.40. The molecule has 130 valence electrons. The number of furan rings is 1. The van der Waals surface area contributed by atoms with E-state index in [2.05, 4.69) is 4.98 Å². The van der Waals surface area contributed by atoms with E-state index in [4.69, 9.17) is 4.42 Å². The van der Waals surface area contributed by atoms with Gasteiger partial charge in [0.05, 0.1) is 12.1 Å². The molecule has 0 unspecified atom stereocenters. The molecular formula is C17H23N3O3S. The van der Waals surface area contributed by atoms with E-state index in [1.807, 2.05) is 37.4 Å². The number of aromatic nitrogens is 1. The minimum absolute atomic E-state index is 0.0930. The Hall–Kier alpha value is -1.57. The molecule has 7 heteroatoms. The van der Waals surface area contributed by atoms with Crippen LogP contribution in [0.1, 0.15) is 55.0 Å². The summed E-state index contributed by atoms with van der Waals surface area (Å²) in [6.07, 6.45) is 5.28. The lowest BCUT2D eigenvalue weighted by molar-refractivity contribution is 0.291. The SMILES string of the molecule is Cc1ccc([C@@H]2CCCN2S(=O)(=O)N2CCC[C@H]2c2ccc[nH]2)o1. The molecule has 6 nitrogen and oxygen atoms in total. The van der Waals surface area contributed by atoms with Gasteiger partial charge in [-0.15, -0.1) is 0 Å². The van der Waals surface area contributed by atoms with E-state index in [1.54, 1.807) is 8.61 Å². The van der Waals surface area contributed by atoms with Crippen molar-refractivity contribution in [2.45, 2.75) is 44.7 Å². The van der Waals surface area contributed by atoms with Crippen LogP contribution >= 0.6 is 0 Å². The third-order valence-corrected chi connectivity index (χ3v) is 7.13. The van der Waals surface area contributed by atoms with E-state index < -0.39 is 10.2 Å². The molecule has 4 heterocycles. The van der Waals surface area contributed by atoms with Gasteiger partial charge in [-0.3, -0.25) is 0 Å². The van der Waals surface area contributed by atoms with Crippen LogP contribution in [0, 0.1) is 6.92 Å². The van der Waals surface area contributed by atoms with Crippen LogP contribution in [0.2, 0.25) is 0 Å². The predicted octanol–water partition coefficient (Wildman–Crippen LogP) is 3.13. The summed E-state index contributed by atoms with van der Waals surface area (Å²) in [5, 5.41) is 0. The van der Waals surface area contributed by atoms with Gasteiger partial charge in [0.15, 0.2) is 0 Å². The van der Waals surface area contributed by atoms with Gasteiger partial charge in [-0.1, -0.05) is 0 Å². The Kier molecular flexibility index (Phi) is 4.02. The highest BCUT2D eigenvalue weighted by atomic mass is 32.2. The van der Waals surface area contributed by atoms with Crippen molar-refractivity contribution in [3.8, 4) is 0 Å². The van der Waals surface area contributed by atoms with Gasteiger partial charge in [-0.05, 0) is 56.9 Å². The van der Waals surface area contributed by atoms with Crippen LogP contribution in [-0.2, 0) is 10.2 Å². The molecule has 2 saturated heterocycles. The third-order valence-electron chi connectivity index (χ3n) is 5.07. The molecular weight excluding hydrogens is 326 g/mol. The first-order valence-electron chi connectivity index (χ1n) is 8.55. The molecule has 0 saturated carbocycles. The van der Waals surface area contributed by atoms with Crippen LogP contribution in [0.15, 0.2) is 34.9 Å². The van der Waals surface area contributed by atoms with Crippen LogP contribution in [0.25, 0.3) is 0 Å². The number of aryl methyl sites for hydroxylation is 1. The fourth-order valence-electron chi connectivity index (χ4n) is 3.95. The Morgan fingerprint density at radius 1 is 1.08 bits per heavy atom. The van der Waals surface area contributed by atoms with Gasteiger partial charge in [0.1, 0.15) is 11.5 Å². The molecule has 0 spiro atoms. The van der Waals surface area contributed by atoms with Crippen molar-refractivity contribution in [3.05, 3.63) is 47.7 Å². The summed E-state index contributed by atoms with van der Waals surface area (Å²) in [5.41, 5.74) is 0.973. The second-order valence-corrected chi connectivity index (χ2v) is 8.45. The Bertz CT molecular complexity index is 797. The van der Waals surface area contributed by atoms with Crippen molar-refractivity contribution in [2.75, 3.05) is 13.1 Å². The lowest BCUT2D eigenvalue weighted by atomic mass is 10.2. The molecule has 4 rings (SSSR count). The molecule has 0 amide bonds. The Morgan fingerprint density at radius 2 is 1.79 bits per heavy atom. The summed E-state index contributed by atoms with van der Waals surface area (Å²) in [6.45, 7) is 3.02. The van der Waals surface area contributed by atoms with Gasteiger partial charge in [0.2, 0.25) is 0 Å². The predicted molar refractivity (Wildman–Crippen MR) is 90.5 cm³/mol. The third kappa shape index (κ3) is 2.60. The number of H-pyrrole nitrogens is 1. The molecule has 2 aromatic heterocycles.